The minimum absolute atomic E-state index is 0.0686. The van der Waals surface area contributed by atoms with Gasteiger partial charge in [0.25, 0.3) is 11.8 Å². The lowest BCUT2D eigenvalue weighted by Gasteiger charge is -2.13. The van der Waals surface area contributed by atoms with Gasteiger partial charge >= 0.3 is 5.97 Å². The second-order valence-corrected chi connectivity index (χ2v) is 5.51. The van der Waals surface area contributed by atoms with E-state index in [0.717, 1.165) is 11.3 Å². The standard InChI is InChI=1S/C17H25N3O4/c1-4-10-18-15(21)11-20(3)12-16(22)19-14-8-6-13(7-9-14)17(23)24-5-2/h6-9H,4-5,10-12H2,1-3H3,(H,18,21)(H,19,22)/p+1. The van der Waals surface area contributed by atoms with Crippen molar-refractivity contribution in [2.45, 2.75) is 20.3 Å². The van der Waals surface area contributed by atoms with E-state index in [0.29, 0.717) is 24.4 Å². The summed E-state index contributed by atoms with van der Waals surface area (Å²) < 4.78 is 4.90. The Morgan fingerprint density at radius 2 is 1.67 bits per heavy atom. The van der Waals surface area contributed by atoms with Crippen molar-refractivity contribution in [3.05, 3.63) is 29.8 Å². The molecule has 1 aromatic rings. The highest BCUT2D eigenvalue weighted by Crippen LogP contribution is 2.10. The van der Waals surface area contributed by atoms with Crippen LogP contribution in [0.15, 0.2) is 24.3 Å². The van der Waals surface area contributed by atoms with E-state index >= 15 is 0 Å². The minimum Gasteiger partial charge on any atom is -0.462 e. The second kappa shape index (κ2) is 10.4. The van der Waals surface area contributed by atoms with Gasteiger partial charge in [-0.15, -0.1) is 0 Å². The number of rotatable bonds is 9. The Kier molecular flexibility index (Phi) is 8.49. The fourth-order valence-electron chi connectivity index (χ4n) is 2.05. The monoisotopic (exact) mass is 336 g/mol. The third-order valence-electron chi connectivity index (χ3n) is 3.18. The first kappa shape index (κ1) is 19.6. The molecule has 132 valence electrons. The number of hydrogen-bond donors (Lipinski definition) is 3. The zero-order chi connectivity index (χ0) is 17.9. The molecule has 0 radical (unpaired) electrons. The van der Waals surface area contributed by atoms with Gasteiger partial charge < -0.3 is 20.3 Å². The summed E-state index contributed by atoms with van der Waals surface area (Å²) in [5.74, 6) is -0.654. The normalized spacial score (nSPS) is 11.5. The van der Waals surface area contributed by atoms with Crippen LogP contribution in [0.25, 0.3) is 0 Å². The fourth-order valence-corrected chi connectivity index (χ4v) is 2.05. The number of anilines is 1. The van der Waals surface area contributed by atoms with Crippen LogP contribution < -0.4 is 15.5 Å². The van der Waals surface area contributed by atoms with Crippen molar-refractivity contribution in [3.8, 4) is 0 Å². The lowest BCUT2D eigenvalue weighted by Crippen LogP contribution is -3.11. The highest BCUT2D eigenvalue weighted by molar-refractivity contribution is 5.93. The SMILES string of the molecule is CCCNC(=O)C[NH+](C)CC(=O)Nc1ccc(C(=O)OCC)cc1. The summed E-state index contributed by atoms with van der Waals surface area (Å²) in [6.07, 6.45) is 0.882. The number of hydrogen-bond acceptors (Lipinski definition) is 4. The lowest BCUT2D eigenvalue weighted by atomic mass is 10.2. The molecular formula is C17H26N3O4+. The molecule has 0 heterocycles. The molecule has 1 rings (SSSR count). The van der Waals surface area contributed by atoms with Crippen LogP contribution in [-0.2, 0) is 14.3 Å². The third kappa shape index (κ3) is 7.23. The highest BCUT2D eigenvalue weighted by atomic mass is 16.5. The van der Waals surface area contributed by atoms with Gasteiger partial charge in [-0.05, 0) is 37.6 Å². The number of esters is 1. The molecule has 0 spiro atoms. The van der Waals surface area contributed by atoms with Crippen LogP contribution in [0, 0.1) is 0 Å². The summed E-state index contributed by atoms with van der Waals surface area (Å²) in [6, 6.07) is 6.49. The van der Waals surface area contributed by atoms with Gasteiger partial charge in [0.1, 0.15) is 0 Å². The quantitative estimate of drug-likeness (QED) is 0.547. The van der Waals surface area contributed by atoms with Gasteiger partial charge in [0.2, 0.25) is 0 Å². The number of ether oxygens (including phenoxy) is 1. The van der Waals surface area contributed by atoms with Crippen molar-refractivity contribution < 1.29 is 24.0 Å². The molecule has 0 fully saturated rings. The molecule has 0 aliphatic heterocycles. The number of likely N-dealkylation sites (N-methyl/N-ethyl adjacent to an activating group) is 1. The number of amides is 2. The maximum atomic E-state index is 12.0. The number of carbonyl (C=O) groups excluding carboxylic acids is 3. The van der Waals surface area contributed by atoms with Crippen LogP contribution in [0.4, 0.5) is 5.69 Å². The van der Waals surface area contributed by atoms with E-state index in [1.807, 2.05) is 6.92 Å². The maximum Gasteiger partial charge on any atom is 0.338 e. The second-order valence-electron chi connectivity index (χ2n) is 5.51. The zero-order valence-corrected chi connectivity index (χ0v) is 14.5. The molecule has 1 unspecified atom stereocenters. The molecule has 0 aliphatic carbocycles. The molecular weight excluding hydrogens is 310 g/mol. The fraction of sp³-hybridized carbons (Fsp3) is 0.471. The number of nitrogens with one attached hydrogen (secondary N) is 3. The minimum atomic E-state index is -0.391. The molecule has 7 heteroatoms. The van der Waals surface area contributed by atoms with Crippen LogP contribution in [0.3, 0.4) is 0 Å². The molecule has 0 saturated heterocycles. The van der Waals surface area contributed by atoms with E-state index in [1.165, 1.54) is 0 Å². The van der Waals surface area contributed by atoms with E-state index in [2.05, 4.69) is 10.6 Å². The van der Waals surface area contributed by atoms with Gasteiger partial charge in [-0.3, -0.25) is 9.59 Å². The largest absolute Gasteiger partial charge is 0.462 e. The smallest absolute Gasteiger partial charge is 0.338 e. The summed E-state index contributed by atoms with van der Waals surface area (Å²) >= 11 is 0. The van der Waals surface area contributed by atoms with Crippen molar-refractivity contribution in [1.29, 1.82) is 0 Å². The van der Waals surface area contributed by atoms with Crippen LogP contribution in [0.2, 0.25) is 0 Å². The topological polar surface area (TPSA) is 88.9 Å². The summed E-state index contributed by atoms with van der Waals surface area (Å²) in [5.41, 5.74) is 1.03. The van der Waals surface area contributed by atoms with Crippen molar-refractivity contribution in [1.82, 2.24) is 5.32 Å². The average Bonchev–Trinajstić information content (AvgIpc) is 2.53. The van der Waals surface area contributed by atoms with Gasteiger partial charge in [0.15, 0.2) is 13.1 Å². The van der Waals surface area contributed by atoms with Crippen molar-refractivity contribution in [2.24, 2.45) is 0 Å². The van der Waals surface area contributed by atoms with Gasteiger partial charge in [-0.25, -0.2) is 4.79 Å². The molecule has 3 N–H and O–H groups in total. The van der Waals surface area contributed by atoms with Gasteiger partial charge in [-0.2, -0.15) is 0 Å². The first-order chi connectivity index (χ1) is 11.5. The Balaban J connectivity index is 2.44. The predicted molar refractivity (Wildman–Crippen MR) is 90.9 cm³/mol. The first-order valence-corrected chi connectivity index (χ1v) is 8.11. The van der Waals surface area contributed by atoms with Crippen molar-refractivity contribution in [2.75, 3.05) is 38.6 Å². The summed E-state index contributed by atoms with van der Waals surface area (Å²) in [4.78, 5) is 35.9. The van der Waals surface area contributed by atoms with Gasteiger partial charge in [0, 0.05) is 12.2 Å². The number of carbonyl (C=O) groups is 3. The van der Waals surface area contributed by atoms with Crippen LogP contribution in [-0.4, -0.2) is 51.1 Å². The Labute approximate surface area is 142 Å². The number of quaternary nitrogens is 1. The molecule has 0 saturated carbocycles. The Morgan fingerprint density at radius 3 is 2.25 bits per heavy atom. The molecule has 1 atom stereocenters. The van der Waals surface area contributed by atoms with E-state index in [9.17, 15) is 14.4 Å². The van der Waals surface area contributed by atoms with E-state index < -0.39 is 5.97 Å². The summed E-state index contributed by atoms with van der Waals surface area (Å²) in [7, 11) is 1.79. The summed E-state index contributed by atoms with van der Waals surface area (Å²) in [5, 5.41) is 5.52. The molecule has 1 aromatic carbocycles. The molecule has 0 aliphatic rings. The van der Waals surface area contributed by atoms with Crippen LogP contribution in [0.1, 0.15) is 30.6 Å². The highest BCUT2D eigenvalue weighted by Gasteiger charge is 2.14. The molecule has 7 nitrogen and oxygen atoms in total. The molecule has 24 heavy (non-hydrogen) atoms. The third-order valence-corrected chi connectivity index (χ3v) is 3.18. The molecule has 0 bridgehead atoms. The average molecular weight is 336 g/mol. The van der Waals surface area contributed by atoms with E-state index in [1.54, 1.807) is 38.2 Å². The predicted octanol–water partition coefficient (Wildman–Crippen LogP) is -0.157. The zero-order valence-electron chi connectivity index (χ0n) is 14.5. The Bertz CT molecular complexity index is 557. The lowest BCUT2D eigenvalue weighted by molar-refractivity contribution is -0.862. The Morgan fingerprint density at radius 1 is 1.04 bits per heavy atom. The van der Waals surface area contributed by atoms with Crippen molar-refractivity contribution in [3.63, 3.8) is 0 Å². The van der Waals surface area contributed by atoms with Crippen LogP contribution in [0.5, 0.6) is 0 Å². The molecule has 2 amide bonds. The molecule has 0 aromatic heterocycles. The Hall–Kier alpha value is -2.41. The first-order valence-electron chi connectivity index (χ1n) is 8.11. The maximum absolute atomic E-state index is 12.0. The van der Waals surface area contributed by atoms with Gasteiger partial charge in [-0.1, -0.05) is 6.92 Å². The van der Waals surface area contributed by atoms with Gasteiger partial charge in [0.05, 0.1) is 19.2 Å². The van der Waals surface area contributed by atoms with E-state index in [4.69, 9.17) is 4.74 Å². The van der Waals surface area contributed by atoms with Crippen LogP contribution >= 0.6 is 0 Å². The van der Waals surface area contributed by atoms with Crippen molar-refractivity contribution >= 4 is 23.5 Å². The summed E-state index contributed by atoms with van der Waals surface area (Å²) in [6.45, 7) is 5.11. The number of benzene rings is 1. The van der Waals surface area contributed by atoms with E-state index in [-0.39, 0.29) is 24.9 Å².